The molecule has 0 spiro atoms. The van der Waals surface area contributed by atoms with Crippen LogP contribution >= 0.6 is 24.8 Å². The zero-order chi connectivity index (χ0) is 16.4. The highest BCUT2D eigenvalue weighted by molar-refractivity contribution is 6.04. The summed E-state index contributed by atoms with van der Waals surface area (Å²) in [4.78, 5) is 21.2. The van der Waals surface area contributed by atoms with Crippen LogP contribution < -0.4 is 10.6 Å². The van der Waals surface area contributed by atoms with Gasteiger partial charge in [0.05, 0.1) is 22.5 Å². The van der Waals surface area contributed by atoms with Crippen LogP contribution in [-0.4, -0.2) is 35.5 Å². The number of carbonyl (C=O) groups is 1. The van der Waals surface area contributed by atoms with Crippen LogP contribution in [0.4, 0.5) is 4.39 Å². The predicted octanol–water partition coefficient (Wildman–Crippen LogP) is 2.96. The van der Waals surface area contributed by atoms with E-state index in [0.717, 1.165) is 37.3 Å². The van der Waals surface area contributed by atoms with Gasteiger partial charge in [0.1, 0.15) is 11.3 Å². The van der Waals surface area contributed by atoms with E-state index in [0.29, 0.717) is 23.5 Å². The number of halogens is 3. The molecule has 1 aliphatic heterocycles. The molecule has 3 rings (SSSR count). The second-order valence-corrected chi connectivity index (χ2v) is 6.12. The summed E-state index contributed by atoms with van der Waals surface area (Å²) in [6, 6.07) is 2.55. The highest BCUT2D eigenvalue weighted by atomic mass is 35.5. The molecule has 2 aromatic rings. The Morgan fingerprint density at radius 1 is 1.28 bits per heavy atom. The summed E-state index contributed by atoms with van der Waals surface area (Å²) in [5, 5.41) is 6.18. The zero-order valence-corrected chi connectivity index (χ0v) is 15.9. The van der Waals surface area contributed by atoms with E-state index in [9.17, 15) is 9.18 Å². The van der Waals surface area contributed by atoms with Crippen molar-refractivity contribution in [2.75, 3.05) is 19.6 Å². The number of aryl methyl sites for hydroxylation is 2. The van der Waals surface area contributed by atoms with E-state index in [-0.39, 0.29) is 36.3 Å². The predicted molar refractivity (Wildman–Crippen MR) is 101 cm³/mol. The number of nitrogens with zero attached hydrogens (tertiary/aromatic N) is 2. The van der Waals surface area contributed by atoms with Gasteiger partial charge in [-0.15, -0.1) is 24.8 Å². The largest absolute Gasteiger partial charge is 0.352 e. The average Bonchev–Trinajstić information content (AvgIpc) is 3.01. The molecule has 8 heteroatoms. The monoisotopic (exact) mass is 388 g/mol. The van der Waals surface area contributed by atoms with Crippen molar-refractivity contribution in [2.45, 2.75) is 26.7 Å². The molecule has 0 saturated carbocycles. The molecule has 1 atom stereocenters. The number of carbonyl (C=O) groups excluding carboxylic acids is 1. The van der Waals surface area contributed by atoms with Crippen molar-refractivity contribution in [3.05, 3.63) is 34.9 Å². The molecule has 1 fully saturated rings. The Labute approximate surface area is 159 Å². The quantitative estimate of drug-likeness (QED) is 0.844. The minimum absolute atomic E-state index is 0. The van der Waals surface area contributed by atoms with Crippen LogP contribution in [-0.2, 0) is 0 Å². The third-order valence-corrected chi connectivity index (χ3v) is 4.39. The smallest absolute Gasteiger partial charge is 0.253 e. The fourth-order valence-electron chi connectivity index (χ4n) is 2.92. The minimum Gasteiger partial charge on any atom is -0.352 e. The summed E-state index contributed by atoms with van der Waals surface area (Å²) in [7, 11) is 0. The molecule has 1 aliphatic rings. The maximum Gasteiger partial charge on any atom is 0.253 e. The number of hydrogen-bond acceptors (Lipinski definition) is 4. The maximum atomic E-state index is 13.8. The summed E-state index contributed by atoms with van der Waals surface area (Å²) in [6.45, 7) is 6.29. The number of rotatable bonds is 4. The van der Waals surface area contributed by atoms with E-state index in [1.807, 2.05) is 13.8 Å². The Morgan fingerprint density at radius 3 is 2.68 bits per heavy atom. The first-order valence-electron chi connectivity index (χ1n) is 7.98. The van der Waals surface area contributed by atoms with E-state index >= 15 is 0 Å². The van der Waals surface area contributed by atoms with E-state index in [4.69, 9.17) is 0 Å². The Morgan fingerprint density at radius 2 is 2.00 bits per heavy atom. The van der Waals surface area contributed by atoms with Crippen molar-refractivity contribution in [3.8, 4) is 0 Å². The van der Waals surface area contributed by atoms with Crippen LogP contribution in [0.25, 0.3) is 11.0 Å². The normalized spacial score (nSPS) is 16.2. The van der Waals surface area contributed by atoms with Crippen LogP contribution in [0.2, 0.25) is 0 Å². The van der Waals surface area contributed by atoms with Gasteiger partial charge in [-0.3, -0.25) is 4.79 Å². The molecule has 1 aromatic heterocycles. The number of hydrogen-bond donors (Lipinski definition) is 2. The fourth-order valence-corrected chi connectivity index (χ4v) is 2.92. The van der Waals surface area contributed by atoms with Crippen LogP contribution in [0.3, 0.4) is 0 Å². The van der Waals surface area contributed by atoms with Crippen LogP contribution in [0.5, 0.6) is 0 Å². The van der Waals surface area contributed by atoms with E-state index in [1.54, 1.807) is 0 Å². The second-order valence-electron chi connectivity index (χ2n) is 6.12. The van der Waals surface area contributed by atoms with Gasteiger partial charge in [0, 0.05) is 12.6 Å². The number of nitrogens with one attached hydrogen (secondary N) is 2. The van der Waals surface area contributed by atoms with Crippen molar-refractivity contribution >= 4 is 41.8 Å². The van der Waals surface area contributed by atoms with Gasteiger partial charge in [-0.2, -0.15) is 0 Å². The van der Waals surface area contributed by atoms with Gasteiger partial charge in [0.2, 0.25) is 0 Å². The molecule has 0 aliphatic carbocycles. The summed E-state index contributed by atoms with van der Waals surface area (Å²) in [5.74, 6) is -0.164. The SMILES string of the molecule is Cc1nc2cc(F)cc(C(=O)NCCC3CCNC3)c2nc1C.Cl.Cl. The van der Waals surface area contributed by atoms with Gasteiger partial charge in [-0.25, -0.2) is 14.4 Å². The van der Waals surface area contributed by atoms with Gasteiger partial charge in [-0.1, -0.05) is 0 Å². The summed E-state index contributed by atoms with van der Waals surface area (Å²) in [5.41, 5.74) is 2.60. The van der Waals surface area contributed by atoms with E-state index in [2.05, 4.69) is 20.6 Å². The van der Waals surface area contributed by atoms with Crippen LogP contribution in [0, 0.1) is 25.6 Å². The van der Waals surface area contributed by atoms with Crippen LogP contribution in [0.15, 0.2) is 12.1 Å². The lowest BCUT2D eigenvalue weighted by Gasteiger charge is -2.11. The molecule has 2 heterocycles. The van der Waals surface area contributed by atoms with Crippen molar-refractivity contribution in [1.29, 1.82) is 0 Å². The zero-order valence-electron chi connectivity index (χ0n) is 14.3. The lowest BCUT2D eigenvalue weighted by molar-refractivity contribution is 0.0952. The van der Waals surface area contributed by atoms with Gasteiger partial charge in [0.15, 0.2) is 0 Å². The van der Waals surface area contributed by atoms with Gasteiger partial charge < -0.3 is 10.6 Å². The third-order valence-electron chi connectivity index (χ3n) is 4.39. The number of fused-ring (bicyclic) bond motifs is 1. The first-order valence-corrected chi connectivity index (χ1v) is 7.98. The molecule has 1 aromatic carbocycles. The average molecular weight is 389 g/mol. The molecule has 0 bridgehead atoms. The summed E-state index contributed by atoms with van der Waals surface area (Å²) in [6.07, 6.45) is 2.07. The molecule has 25 heavy (non-hydrogen) atoms. The summed E-state index contributed by atoms with van der Waals surface area (Å²) < 4.78 is 13.8. The molecule has 1 saturated heterocycles. The van der Waals surface area contributed by atoms with Crippen molar-refractivity contribution < 1.29 is 9.18 Å². The van der Waals surface area contributed by atoms with Crippen molar-refractivity contribution in [3.63, 3.8) is 0 Å². The van der Waals surface area contributed by atoms with Crippen molar-refractivity contribution in [1.82, 2.24) is 20.6 Å². The summed E-state index contributed by atoms with van der Waals surface area (Å²) >= 11 is 0. The molecular formula is C17H23Cl2FN4O. The first-order chi connectivity index (χ1) is 11.0. The third kappa shape index (κ3) is 5.00. The maximum absolute atomic E-state index is 13.8. The minimum atomic E-state index is -0.472. The molecule has 1 amide bonds. The molecule has 138 valence electrons. The lowest BCUT2D eigenvalue weighted by Crippen LogP contribution is -2.27. The Balaban J connectivity index is 0.00000156. The lowest BCUT2D eigenvalue weighted by atomic mass is 10.1. The fraction of sp³-hybridized carbons (Fsp3) is 0.471. The van der Waals surface area contributed by atoms with E-state index in [1.165, 1.54) is 12.1 Å². The Bertz CT molecular complexity index is 751. The molecular weight excluding hydrogens is 366 g/mol. The highest BCUT2D eigenvalue weighted by Gasteiger charge is 2.17. The molecule has 2 N–H and O–H groups in total. The molecule has 5 nitrogen and oxygen atoms in total. The standard InChI is InChI=1S/C17H21FN4O.2ClH/c1-10-11(2)22-16-14(7-13(18)8-15(16)21-10)17(23)20-6-4-12-3-5-19-9-12;;/h7-8,12,19H,3-6,9H2,1-2H3,(H,20,23);2*1H. The van der Waals surface area contributed by atoms with Crippen LogP contribution in [0.1, 0.15) is 34.6 Å². The second kappa shape index (κ2) is 9.27. The number of aromatic nitrogens is 2. The van der Waals surface area contributed by atoms with Crippen molar-refractivity contribution in [2.24, 2.45) is 5.92 Å². The van der Waals surface area contributed by atoms with Gasteiger partial charge in [-0.05, 0) is 51.8 Å². The highest BCUT2D eigenvalue weighted by Crippen LogP contribution is 2.19. The number of benzene rings is 1. The Hall–Kier alpha value is -1.50. The van der Waals surface area contributed by atoms with Gasteiger partial charge in [0.25, 0.3) is 5.91 Å². The van der Waals surface area contributed by atoms with Gasteiger partial charge >= 0.3 is 0 Å². The molecule has 0 radical (unpaired) electrons. The first kappa shape index (κ1) is 21.5. The molecule has 1 unspecified atom stereocenters. The Kier molecular flexibility index (Phi) is 7.99. The number of amides is 1. The topological polar surface area (TPSA) is 66.9 Å². The van der Waals surface area contributed by atoms with E-state index < -0.39 is 5.82 Å².